The normalized spacial score (nSPS) is 10.3. The molecule has 100 valence electrons. The minimum Gasteiger partial charge on any atom is -0.370 e. The lowest BCUT2D eigenvalue weighted by atomic mass is 10.2. The average Bonchev–Trinajstić information content (AvgIpc) is 2.39. The summed E-state index contributed by atoms with van der Waals surface area (Å²) in [6.07, 6.45) is 2.41. The van der Waals surface area contributed by atoms with E-state index >= 15 is 0 Å². The summed E-state index contributed by atoms with van der Waals surface area (Å²) in [6, 6.07) is 7.58. The van der Waals surface area contributed by atoms with Gasteiger partial charge in [-0.05, 0) is 31.5 Å². The number of anilines is 3. The molecule has 0 spiro atoms. The molecule has 1 aromatic carbocycles. The van der Waals surface area contributed by atoms with E-state index in [9.17, 15) is 0 Å². The molecule has 5 heteroatoms. The Balaban J connectivity index is 2.31. The van der Waals surface area contributed by atoms with Crippen molar-refractivity contribution in [2.24, 2.45) is 0 Å². The molecule has 0 saturated carbocycles. The summed E-state index contributed by atoms with van der Waals surface area (Å²) >= 11 is 5.98. The third-order valence-electron chi connectivity index (χ3n) is 2.73. The Bertz CT molecular complexity index is 557. The Hall–Kier alpha value is -1.81. The van der Waals surface area contributed by atoms with E-state index in [0.29, 0.717) is 5.02 Å². The smallest absolute Gasteiger partial charge is 0.139 e. The number of benzene rings is 1. The number of halogens is 1. The van der Waals surface area contributed by atoms with Crippen molar-refractivity contribution in [2.75, 3.05) is 17.2 Å². The maximum Gasteiger partial charge on any atom is 0.139 e. The largest absolute Gasteiger partial charge is 0.370 e. The molecule has 0 radical (unpaired) electrons. The van der Waals surface area contributed by atoms with Gasteiger partial charge < -0.3 is 10.6 Å². The van der Waals surface area contributed by atoms with Crippen LogP contribution in [-0.2, 0) is 6.42 Å². The van der Waals surface area contributed by atoms with Crippen LogP contribution in [0.5, 0.6) is 0 Å². The van der Waals surface area contributed by atoms with Gasteiger partial charge in [-0.3, -0.25) is 0 Å². The zero-order valence-corrected chi connectivity index (χ0v) is 11.8. The fraction of sp³-hybridized carbons (Fsp3) is 0.286. The first-order valence-corrected chi connectivity index (χ1v) is 6.72. The number of aromatic nitrogens is 2. The molecule has 1 heterocycles. The summed E-state index contributed by atoms with van der Waals surface area (Å²) in [5, 5.41) is 7.23. The summed E-state index contributed by atoms with van der Waals surface area (Å²) in [5.74, 6) is 1.69. The van der Waals surface area contributed by atoms with Crippen LogP contribution in [-0.4, -0.2) is 16.5 Å². The Kier molecular flexibility index (Phi) is 4.58. The zero-order valence-electron chi connectivity index (χ0n) is 11.1. The minimum atomic E-state index is 0.698. The van der Waals surface area contributed by atoms with Crippen LogP contribution < -0.4 is 10.6 Å². The molecule has 0 bridgehead atoms. The Morgan fingerprint density at radius 3 is 2.63 bits per heavy atom. The molecule has 4 nitrogen and oxygen atoms in total. The molecule has 1 aromatic heterocycles. The van der Waals surface area contributed by atoms with Gasteiger partial charge in [0, 0.05) is 22.8 Å². The second-order valence-corrected chi connectivity index (χ2v) is 4.51. The topological polar surface area (TPSA) is 49.8 Å². The van der Waals surface area contributed by atoms with E-state index in [1.165, 1.54) is 0 Å². The lowest BCUT2D eigenvalue weighted by Gasteiger charge is -2.13. The van der Waals surface area contributed by atoms with Gasteiger partial charge in [-0.2, -0.15) is 0 Å². The van der Waals surface area contributed by atoms with Gasteiger partial charge in [0.2, 0.25) is 0 Å². The van der Waals surface area contributed by atoms with Gasteiger partial charge in [0.15, 0.2) is 0 Å². The van der Waals surface area contributed by atoms with E-state index in [2.05, 4.69) is 27.5 Å². The lowest BCUT2D eigenvalue weighted by molar-refractivity contribution is 1.03. The highest BCUT2D eigenvalue weighted by Crippen LogP contribution is 2.25. The molecule has 0 aliphatic heterocycles. The average molecular weight is 277 g/mol. The molecule has 2 rings (SSSR count). The van der Waals surface area contributed by atoms with Gasteiger partial charge >= 0.3 is 0 Å². The highest BCUT2D eigenvalue weighted by Gasteiger charge is 2.09. The molecule has 0 fully saturated rings. The van der Waals surface area contributed by atoms with Crippen molar-refractivity contribution in [2.45, 2.75) is 20.3 Å². The third kappa shape index (κ3) is 3.35. The summed E-state index contributed by atoms with van der Waals surface area (Å²) < 4.78 is 0. The highest BCUT2D eigenvalue weighted by atomic mass is 35.5. The standard InChI is InChI=1S/C14H17ClN4/c1-3-12-13(16-4-2)17-9-18-14(12)19-11-7-5-6-10(15)8-11/h5-9H,3-4H2,1-2H3,(H2,16,17,18,19). The minimum absolute atomic E-state index is 0.698. The third-order valence-corrected chi connectivity index (χ3v) is 2.97. The summed E-state index contributed by atoms with van der Waals surface area (Å²) in [4.78, 5) is 8.58. The van der Waals surface area contributed by atoms with Crippen molar-refractivity contribution in [1.82, 2.24) is 9.97 Å². The SMILES string of the molecule is CCNc1ncnc(Nc2cccc(Cl)c2)c1CC. The van der Waals surface area contributed by atoms with Crippen molar-refractivity contribution in [3.8, 4) is 0 Å². The fourth-order valence-corrected chi connectivity index (χ4v) is 2.07. The summed E-state index contributed by atoms with van der Waals surface area (Å²) in [6.45, 7) is 4.97. The quantitative estimate of drug-likeness (QED) is 0.870. The van der Waals surface area contributed by atoms with Gasteiger partial charge in [0.1, 0.15) is 18.0 Å². The molecule has 0 saturated heterocycles. The van der Waals surface area contributed by atoms with Crippen LogP contribution in [0.4, 0.5) is 17.3 Å². The van der Waals surface area contributed by atoms with E-state index in [4.69, 9.17) is 11.6 Å². The number of nitrogens with zero attached hydrogens (tertiary/aromatic N) is 2. The lowest BCUT2D eigenvalue weighted by Crippen LogP contribution is -2.07. The number of hydrogen-bond donors (Lipinski definition) is 2. The summed E-state index contributed by atoms with van der Waals surface area (Å²) in [7, 11) is 0. The van der Waals surface area contributed by atoms with Crippen molar-refractivity contribution in [3.05, 3.63) is 41.2 Å². The fourth-order valence-electron chi connectivity index (χ4n) is 1.88. The number of hydrogen-bond acceptors (Lipinski definition) is 4. The van der Waals surface area contributed by atoms with E-state index in [-0.39, 0.29) is 0 Å². The monoisotopic (exact) mass is 276 g/mol. The zero-order chi connectivity index (χ0) is 13.7. The van der Waals surface area contributed by atoms with Gasteiger partial charge in [0.05, 0.1) is 0 Å². The summed E-state index contributed by atoms with van der Waals surface area (Å²) in [5.41, 5.74) is 1.99. The van der Waals surface area contributed by atoms with Crippen LogP contribution in [0.3, 0.4) is 0 Å². The molecule has 0 atom stereocenters. The van der Waals surface area contributed by atoms with Crippen LogP contribution in [0.2, 0.25) is 5.02 Å². The van der Waals surface area contributed by atoms with E-state index in [0.717, 1.165) is 35.9 Å². The van der Waals surface area contributed by atoms with Crippen LogP contribution >= 0.6 is 11.6 Å². The van der Waals surface area contributed by atoms with Crippen molar-refractivity contribution >= 4 is 28.9 Å². The van der Waals surface area contributed by atoms with Crippen LogP contribution in [0, 0.1) is 0 Å². The first-order valence-electron chi connectivity index (χ1n) is 6.35. The Labute approximate surface area is 118 Å². The molecule has 0 aliphatic carbocycles. The molecular formula is C14H17ClN4. The molecule has 2 N–H and O–H groups in total. The molecule has 0 amide bonds. The number of nitrogens with one attached hydrogen (secondary N) is 2. The maximum absolute atomic E-state index is 5.98. The molecule has 19 heavy (non-hydrogen) atoms. The first kappa shape index (κ1) is 13.6. The van der Waals surface area contributed by atoms with E-state index < -0.39 is 0 Å². The van der Waals surface area contributed by atoms with E-state index in [1.807, 2.05) is 31.2 Å². The second kappa shape index (κ2) is 6.38. The Morgan fingerprint density at radius 1 is 1.16 bits per heavy atom. The predicted octanol–water partition coefficient (Wildman–Crippen LogP) is 3.87. The van der Waals surface area contributed by atoms with Crippen LogP contribution in [0.25, 0.3) is 0 Å². The van der Waals surface area contributed by atoms with Crippen molar-refractivity contribution in [3.63, 3.8) is 0 Å². The van der Waals surface area contributed by atoms with Crippen LogP contribution in [0.1, 0.15) is 19.4 Å². The van der Waals surface area contributed by atoms with Gasteiger partial charge in [0.25, 0.3) is 0 Å². The van der Waals surface area contributed by atoms with Crippen LogP contribution in [0.15, 0.2) is 30.6 Å². The maximum atomic E-state index is 5.98. The molecule has 2 aromatic rings. The Morgan fingerprint density at radius 2 is 1.95 bits per heavy atom. The van der Waals surface area contributed by atoms with Crippen molar-refractivity contribution < 1.29 is 0 Å². The molecule has 0 unspecified atom stereocenters. The van der Waals surface area contributed by atoms with Gasteiger partial charge in [-0.1, -0.05) is 24.6 Å². The predicted molar refractivity (Wildman–Crippen MR) is 80.3 cm³/mol. The molecular weight excluding hydrogens is 260 g/mol. The van der Waals surface area contributed by atoms with Gasteiger partial charge in [-0.15, -0.1) is 0 Å². The molecule has 0 aliphatic rings. The highest BCUT2D eigenvalue weighted by molar-refractivity contribution is 6.30. The van der Waals surface area contributed by atoms with Crippen molar-refractivity contribution in [1.29, 1.82) is 0 Å². The number of rotatable bonds is 5. The van der Waals surface area contributed by atoms with Gasteiger partial charge in [-0.25, -0.2) is 9.97 Å². The first-order chi connectivity index (χ1) is 9.24. The second-order valence-electron chi connectivity index (χ2n) is 4.07. The van der Waals surface area contributed by atoms with E-state index in [1.54, 1.807) is 6.33 Å².